The van der Waals surface area contributed by atoms with Gasteiger partial charge < -0.3 is 10.6 Å². The Balaban J connectivity index is 1.98. The number of thiophene rings is 1. The van der Waals surface area contributed by atoms with E-state index >= 15 is 0 Å². The topological polar surface area (TPSA) is 75.4 Å². The molecule has 0 aromatic carbocycles. The van der Waals surface area contributed by atoms with Crippen molar-refractivity contribution < 1.29 is 8.42 Å². The average molecular weight is 332 g/mol. The van der Waals surface area contributed by atoms with Gasteiger partial charge in [-0.15, -0.1) is 11.3 Å². The smallest absolute Gasteiger partial charge is 0.250 e. The monoisotopic (exact) mass is 331 g/mol. The summed E-state index contributed by atoms with van der Waals surface area (Å²) in [6.45, 7) is 7.51. The molecular weight excluding hydrogens is 306 g/mol. The molecule has 0 aliphatic carbocycles. The average Bonchev–Trinajstić information content (AvgIpc) is 2.83. The molecule has 1 saturated heterocycles. The van der Waals surface area contributed by atoms with Crippen LogP contribution < -0.4 is 10.5 Å². The lowest BCUT2D eigenvalue weighted by molar-refractivity contribution is 0.208. The molecule has 1 fully saturated rings. The molecule has 7 heteroatoms. The summed E-state index contributed by atoms with van der Waals surface area (Å²) < 4.78 is 28.1. The highest BCUT2D eigenvalue weighted by Crippen LogP contribution is 2.26. The van der Waals surface area contributed by atoms with Gasteiger partial charge in [0.15, 0.2) is 0 Å². The van der Waals surface area contributed by atoms with Crippen molar-refractivity contribution in [2.24, 2.45) is 5.73 Å². The molecule has 0 spiro atoms. The van der Waals surface area contributed by atoms with E-state index in [9.17, 15) is 8.42 Å². The maximum absolute atomic E-state index is 12.4. The Hall–Kier alpha value is -0.470. The Kier molecular flexibility index (Phi) is 5.79. The van der Waals surface area contributed by atoms with E-state index in [1.165, 1.54) is 11.3 Å². The first-order valence-corrected chi connectivity index (χ1v) is 9.80. The molecular formula is C14H25N3O2S2. The van der Waals surface area contributed by atoms with Gasteiger partial charge in [-0.1, -0.05) is 6.92 Å². The van der Waals surface area contributed by atoms with Crippen LogP contribution in [0.4, 0.5) is 0 Å². The van der Waals surface area contributed by atoms with Crippen molar-refractivity contribution in [3.05, 3.63) is 16.5 Å². The van der Waals surface area contributed by atoms with E-state index in [1.807, 2.05) is 6.92 Å². The van der Waals surface area contributed by atoms with Gasteiger partial charge in [0.2, 0.25) is 10.0 Å². The number of nitrogens with one attached hydrogen (secondary N) is 1. The van der Waals surface area contributed by atoms with Gasteiger partial charge in [-0.3, -0.25) is 0 Å². The Labute approximate surface area is 131 Å². The third kappa shape index (κ3) is 4.26. The minimum absolute atomic E-state index is 0.0480. The molecule has 1 aliphatic rings. The molecule has 21 heavy (non-hydrogen) atoms. The van der Waals surface area contributed by atoms with E-state index in [4.69, 9.17) is 5.73 Å². The Morgan fingerprint density at radius 2 is 2.10 bits per heavy atom. The lowest BCUT2D eigenvalue weighted by atomic mass is 10.1. The number of likely N-dealkylation sites (tertiary alicyclic amines) is 1. The summed E-state index contributed by atoms with van der Waals surface area (Å²) in [5.41, 5.74) is 6.58. The summed E-state index contributed by atoms with van der Waals surface area (Å²) in [6, 6.07) is 1.77. The molecule has 3 N–H and O–H groups in total. The summed E-state index contributed by atoms with van der Waals surface area (Å²) in [5, 5.41) is 0. The van der Waals surface area contributed by atoms with Crippen molar-refractivity contribution in [2.45, 2.75) is 49.9 Å². The van der Waals surface area contributed by atoms with Crippen LogP contribution in [0, 0.1) is 6.92 Å². The number of nitrogens with zero attached hydrogens (tertiary/aromatic N) is 1. The fourth-order valence-electron chi connectivity index (χ4n) is 2.69. The predicted octanol–water partition coefficient (Wildman–Crippen LogP) is 1.67. The number of aryl methyl sites for hydroxylation is 1. The zero-order valence-corrected chi connectivity index (χ0v) is 14.4. The molecule has 2 rings (SSSR count). The molecule has 0 unspecified atom stereocenters. The van der Waals surface area contributed by atoms with E-state index < -0.39 is 10.0 Å². The van der Waals surface area contributed by atoms with Crippen LogP contribution in [0.2, 0.25) is 0 Å². The maximum atomic E-state index is 12.4. The van der Waals surface area contributed by atoms with E-state index in [2.05, 4.69) is 16.5 Å². The van der Waals surface area contributed by atoms with Crippen LogP contribution in [0.25, 0.3) is 0 Å². The van der Waals surface area contributed by atoms with E-state index in [-0.39, 0.29) is 6.04 Å². The van der Waals surface area contributed by atoms with Gasteiger partial charge in [-0.2, -0.15) is 0 Å². The number of hydrogen-bond acceptors (Lipinski definition) is 5. The van der Waals surface area contributed by atoms with Gasteiger partial charge in [-0.05, 0) is 57.5 Å². The standard InChI is InChI=1S/C14H25N3O2S2/c1-3-6-17-7-4-12(5-8-17)16-21(18,19)14-9-11(2)13(10-15)20-14/h9,12,16H,3-8,10,15H2,1-2H3. The fraction of sp³-hybridized carbons (Fsp3) is 0.714. The molecule has 2 heterocycles. The highest BCUT2D eigenvalue weighted by Gasteiger charge is 2.25. The number of rotatable bonds is 6. The largest absolute Gasteiger partial charge is 0.326 e. The van der Waals surface area contributed by atoms with Crippen molar-refractivity contribution in [1.29, 1.82) is 0 Å². The van der Waals surface area contributed by atoms with E-state index in [1.54, 1.807) is 6.07 Å². The Morgan fingerprint density at radius 1 is 1.43 bits per heavy atom. The van der Waals surface area contributed by atoms with Crippen LogP contribution in [0.15, 0.2) is 10.3 Å². The van der Waals surface area contributed by atoms with Crippen LogP contribution in [-0.4, -0.2) is 39.0 Å². The van der Waals surface area contributed by atoms with Crippen molar-refractivity contribution in [3.8, 4) is 0 Å². The van der Waals surface area contributed by atoms with Gasteiger partial charge in [0.05, 0.1) is 0 Å². The second-order valence-electron chi connectivity index (χ2n) is 5.61. The van der Waals surface area contributed by atoms with Crippen molar-refractivity contribution in [3.63, 3.8) is 0 Å². The van der Waals surface area contributed by atoms with Gasteiger partial charge in [-0.25, -0.2) is 13.1 Å². The van der Waals surface area contributed by atoms with Crippen molar-refractivity contribution in [2.75, 3.05) is 19.6 Å². The van der Waals surface area contributed by atoms with Gasteiger partial charge in [0.25, 0.3) is 0 Å². The molecule has 0 radical (unpaired) electrons. The first-order valence-electron chi connectivity index (χ1n) is 7.50. The lowest BCUT2D eigenvalue weighted by Crippen LogP contribution is -2.44. The second kappa shape index (κ2) is 7.19. The second-order valence-corrected chi connectivity index (χ2v) is 8.69. The first-order chi connectivity index (χ1) is 9.96. The van der Waals surface area contributed by atoms with Crippen molar-refractivity contribution in [1.82, 2.24) is 9.62 Å². The van der Waals surface area contributed by atoms with Crippen molar-refractivity contribution >= 4 is 21.4 Å². The first kappa shape index (κ1) is 16.9. The number of piperidine rings is 1. The van der Waals surface area contributed by atoms with E-state index in [0.29, 0.717) is 10.8 Å². The third-order valence-electron chi connectivity index (χ3n) is 3.90. The highest BCUT2D eigenvalue weighted by atomic mass is 32.2. The third-order valence-corrected chi connectivity index (χ3v) is 7.15. The summed E-state index contributed by atoms with van der Waals surface area (Å²) in [7, 11) is -3.41. The quantitative estimate of drug-likeness (QED) is 0.831. The SMILES string of the molecule is CCCN1CCC(NS(=O)(=O)c2cc(C)c(CN)s2)CC1. The molecule has 120 valence electrons. The molecule has 5 nitrogen and oxygen atoms in total. The van der Waals surface area contributed by atoms with Gasteiger partial charge >= 0.3 is 0 Å². The molecule has 1 aromatic rings. The Bertz CT molecular complexity index is 561. The van der Waals surface area contributed by atoms with E-state index in [0.717, 1.165) is 49.3 Å². The molecule has 0 atom stereocenters. The summed E-state index contributed by atoms with van der Waals surface area (Å²) in [5.74, 6) is 0. The zero-order chi connectivity index (χ0) is 15.5. The molecule has 0 amide bonds. The normalized spacial score (nSPS) is 18.2. The molecule has 1 aliphatic heterocycles. The van der Waals surface area contributed by atoms with Crippen LogP contribution in [-0.2, 0) is 16.6 Å². The highest BCUT2D eigenvalue weighted by molar-refractivity contribution is 7.91. The summed E-state index contributed by atoms with van der Waals surface area (Å²) in [4.78, 5) is 3.33. The van der Waals surface area contributed by atoms with Crippen LogP contribution in [0.3, 0.4) is 0 Å². The van der Waals surface area contributed by atoms with Gasteiger partial charge in [0.1, 0.15) is 4.21 Å². The molecule has 0 saturated carbocycles. The fourth-order valence-corrected chi connectivity index (χ4v) is 5.48. The number of hydrogen-bond donors (Lipinski definition) is 2. The summed E-state index contributed by atoms with van der Waals surface area (Å²) in [6.07, 6.45) is 2.91. The number of sulfonamides is 1. The minimum Gasteiger partial charge on any atom is -0.326 e. The van der Waals surface area contributed by atoms with Crippen LogP contribution in [0.5, 0.6) is 0 Å². The van der Waals surface area contributed by atoms with Crippen LogP contribution in [0.1, 0.15) is 36.6 Å². The zero-order valence-electron chi connectivity index (χ0n) is 12.8. The minimum atomic E-state index is -3.41. The molecule has 1 aromatic heterocycles. The summed E-state index contributed by atoms with van der Waals surface area (Å²) >= 11 is 1.28. The molecule has 0 bridgehead atoms. The maximum Gasteiger partial charge on any atom is 0.250 e. The lowest BCUT2D eigenvalue weighted by Gasteiger charge is -2.31. The van der Waals surface area contributed by atoms with Gasteiger partial charge in [0, 0.05) is 17.5 Å². The Morgan fingerprint density at radius 3 is 2.62 bits per heavy atom. The van der Waals surface area contributed by atoms with Crippen LogP contribution >= 0.6 is 11.3 Å². The number of nitrogens with two attached hydrogens (primary N) is 1. The predicted molar refractivity (Wildman–Crippen MR) is 87.0 cm³/mol.